The first-order valence-corrected chi connectivity index (χ1v) is 11.3. The van der Waals surface area contributed by atoms with Crippen LogP contribution >= 0.6 is 11.8 Å². The zero-order valence-corrected chi connectivity index (χ0v) is 17.2. The molecule has 1 aliphatic rings. The summed E-state index contributed by atoms with van der Waals surface area (Å²) in [6.45, 7) is 2.96. The second kappa shape index (κ2) is 9.39. The number of pyridine rings is 1. The van der Waals surface area contributed by atoms with Crippen LogP contribution in [-0.2, 0) is 10.0 Å². The maximum Gasteiger partial charge on any atom is 0.244 e. The van der Waals surface area contributed by atoms with E-state index in [2.05, 4.69) is 16.0 Å². The van der Waals surface area contributed by atoms with Gasteiger partial charge in [-0.25, -0.2) is 13.4 Å². The number of piperazine rings is 1. The number of aromatic nitrogens is 1. The Bertz CT molecular complexity index is 917. The quantitative estimate of drug-likeness (QED) is 0.502. The van der Waals surface area contributed by atoms with Gasteiger partial charge < -0.3 is 9.64 Å². The molecule has 7 nitrogen and oxygen atoms in total. The smallest absolute Gasteiger partial charge is 0.244 e. The van der Waals surface area contributed by atoms with E-state index >= 15 is 0 Å². The summed E-state index contributed by atoms with van der Waals surface area (Å²) >= 11 is 1.50. The van der Waals surface area contributed by atoms with E-state index in [1.807, 2.05) is 7.05 Å². The van der Waals surface area contributed by atoms with Crippen molar-refractivity contribution in [3.05, 3.63) is 48.2 Å². The van der Waals surface area contributed by atoms with Crippen LogP contribution < -0.4 is 4.74 Å². The Morgan fingerprint density at radius 3 is 2.46 bits per heavy atom. The third kappa shape index (κ3) is 5.23. The maximum absolute atomic E-state index is 12.7. The molecule has 1 saturated heterocycles. The summed E-state index contributed by atoms with van der Waals surface area (Å²) in [5, 5.41) is 9.53. The van der Waals surface area contributed by atoms with Crippen LogP contribution in [0.25, 0.3) is 0 Å². The molecule has 0 spiro atoms. The van der Waals surface area contributed by atoms with Gasteiger partial charge in [0.25, 0.3) is 0 Å². The normalized spacial score (nSPS) is 15.9. The maximum atomic E-state index is 12.7. The Hall–Kier alpha value is -2.12. The van der Waals surface area contributed by atoms with E-state index in [0.717, 1.165) is 18.1 Å². The van der Waals surface area contributed by atoms with Gasteiger partial charge in [-0.15, -0.1) is 11.8 Å². The van der Waals surface area contributed by atoms with Gasteiger partial charge in [0.2, 0.25) is 10.0 Å². The topological polar surface area (TPSA) is 86.5 Å². The van der Waals surface area contributed by atoms with Gasteiger partial charge in [-0.2, -0.15) is 9.57 Å². The molecular formula is C19H22N4O3S2. The van der Waals surface area contributed by atoms with E-state index in [9.17, 15) is 8.42 Å². The summed E-state index contributed by atoms with van der Waals surface area (Å²) in [5.74, 6) is 1.39. The summed E-state index contributed by atoms with van der Waals surface area (Å²) in [4.78, 5) is 6.62. The van der Waals surface area contributed by atoms with Crippen LogP contribution in [-0.4, -0.2) is 68.2 Å². The van der Waals surface area contributed by atoms with Gasteiger partial charge in [-0.1, -0.05) is 0 Å². The Morgan fingerprint density at radius 2 is 1.86 bits per heavy atom. The number of nitriles is 1. The first kappa shape index (κ1) is 20.6. The molecule has 1 aliphatic heterocycles. The first-order chi connectivity index (χ1) is 13.5. The molecule has 0 aliphatic carbocycles. The number of sulfonamides is 1. The van der Waals surface area contributed by atoms with Crippen molar-refractivity contribution in [2.75, 3.05) is 45.6 Å². The third-order valence-corrected chi connectivity index (χ3v) is 7.18. The lowest BCUT2D eigenvalue weighted by molar-refractivity contribution is 0.222. The molecule has 0 bridgehead atoms. The standard InChI is InChI=1S/C19H22N4O3S2/c1-22-8-10-23(11-9-22)28(24,25)18-6-7-19(21-15-18)27-13-12-26-17-4-2-16(14-20)3-5-17/h2-7,15H,8-13H2,1H3. The number of rotatable bonds is 7. The van der Waals surface area contributed by atoms with Gasteiger partial charge in [-0.05, 0) is 43.4 Å². The predicted octanol–water partition coefficient (Wildman–Crippen LogP) is 2.06. The molecule has 148 valence electrons. The van der Waals surface area contributed by atoms with Crippen LogP contribution in [0.2, 0.25) is 0 Å². The highest BCUT2D eigenvalue weighted by molar-refractivity contribution is 7.99. The van der Waals surface area contributed by atoms with Gasteiger partial charge in [0.05, 0.1) is 23.3 Å². The second-order valence-electron chi connectivity index (χ2n) is 6.37. The minimum Gasteiger partial charge on any atom is -0.493 e. The number of nitrogens with zero attached hydrogens (tertiary/aromatic N) is 4. The van der Waals surface area contributed by atoms with Gasteiger partial charge in [0, 0.05) is 38.1 Å². The number of likely N-dealkylation sites (N-methyl/N-ethyl adjacent to an activating group) is 1. The largest absolute Gasteiger partial charge is 0.493 e. The first-order valence-electron chi connectivity index (χ1n) is 8.89. The molecule has 9 heteroatoms. The van der Waals surface area contributed by atoms with Crippen molar-refractivity contribution >= 4 is 21.8 Å². The van der Waals surface area contributed by atoms with Crippen LogP contribution in [0.5, 0.6) is 5.75 Å². The number of hydrogen-bond donors (Lipinski definition) is 0. The molecular weight excluding hydrogens is 396 g/mol. The SMILES string of the molecule is CN1CCN(S(=O)(=O)c2ccc(SCCOc3ccc(C#N)cc3)nc2)CC1. The van der Waals surface area contributed by atoms with E-state index in [-0.39, 0.29) is 4.90 Å². The zero-order valence-electron chi connectivity index (χ0n) is 15.6. The predicted molar refractivity (Wildman–Crippen MR) is 108 cm³/mol. The summed E-state index contributed by atoms with van der Waals surface area (Å²) in [6.07, 6.45) is 1.43. The van der Waals surface area contributed by atoms with Crippen molar-refractivity contribution in [3.8, 4) is 11.8 Å². The van der Waals surface area contributed by atoms with Crippen LogP contribution in [0.3, 0.4) is 0 Å². The molecule has 0 N–H and O–H groups in total. The van der Waals surface area contributed by atoms with Crippen LogP contribution in [0, 0.1) is 11.3 Å². The minimum atomic E-state index is -3.48. The number of benzene rings is 1. The Morgan fingerprint density at radius 1 is 1.14 bits per heavy atom. The van der Waals surface area contributed by atoms with Crippen molar-refractivity contribution in [2.24, 2.45) is 0 Å². The minimum absolute atomic E-state index is 0.232. The van der Waals surface area contributed by atoms with Gasteiger partial charge in [-0.3, -0.25) is 0 Å². The van der Waals surface area contributed by atoms with Gasteiger partial charge in [0.1, 0.15) is 10.6 Å². The molecule has 0 unspecified atom stereocenters. The summed E-state index contributed by atoms with van der Waals surface area (Å²) in [5.41, 5.74) is 0.595. The fourth-order valence-electron chi connectivity index (χ4n) is 2.71. The zero-order chi connectivity index (χ0) is 20.0. The Balaban J connectivity index is 1.49. The summed E-state index contributed by atoms with van der Waals surface area (Å²) in [7, 11) is -1.49. The van der Waals surface area contributed by atoms with Crippen LogP contribution in [0.1, 0.15) is 5.56 Å². The molecule has 3 rings (SSSR count). The molecule has 1 aromatic carbocycles. The fourth-order valence-corrected chi connectivity index (χ4v) is 4.75. The number of ether oxygens (including phenoxy) is 1. The second-order valence-corrected chi connectivity index (χ2v) is 9.43. The highest BCUT2D eigenvalue weighted by Gasteiger charge is 2.27. The third-order valence-electron chi connectivity index (χ3n) is 4.39. The number of hydrogen-bond acceptors (Lipinski definition) is 7. The lowest BCUT2D eigenvalue weighted by atomic mass is 10.2. The van der Waals surface area contributed by atoms with Crippen molar-refractivity contribution < 1.29 is 13.2 Å². The van der Waals surface area contributed by atoms with E-state index in [1.54, 1.807) is 36.4 Å². The molecule has 0 saturated carbocycles. The number of thioether (sulfide) groups is 1. The summed E-state index contributed by atoms with van der Waals surface area (Å²) in [6, 6.07) is 12.4. The van der Waals surface area contributed by atoms with E-state index in [1.165, 1.54) is 22.3 Å². The van der Waals surface area contributed by atoms with Gasteiger partial charge >= 0.3 is 0 Å². The van der Waals surface area contributed by atoms with E-state index in [0.29, 0.717) is 36.8 Å². The monoisotopic (exact) mass is 418 g/mol. The molecule has 0 radical (unpaired) electrons. The van der Waals surface area contributed by atoms with Crippen molar-refractivity contribution in [2.45, 2.75) is 9.92 Å². The van der Waals surface area contributed by atoms with Crippen LogP contribution in [0.4, 0.5) is 0 Å². The van der Waals surface area contributed by atoms with E-state index < -0.39 is 10.0 Å². The lowest BCUT2D eigenvalue weighted by Gasteiger charge is -2.31. The molecule has 0 amide bonds. The van der Waals surface area contributed by atoms with Crippen LogP contribution in [0.15, 0.2) is 52.5 Å². The van der Waals surface area contributed by atoms with E-state index in [4.69, 9.17) is 10.00 Å². The highest BCUT2D eigenvalue weighted by atomic mass is 32.2. The average Bonchev–Trinajstić information content (AvgIpc) is 2.72. The molecule has 2 heterocycles. The Labute approximate surface area is 170 Å². The molecule has 2 aromatic rings. The van der Waals surface area contributed by atoms with Crippen molar-refractivity contribution in [3.63, 3.8) is 0 Å². The average molecular weight is 419 g/mol. The highest BCUT2D eigenvalue weighted by Crippen LogP contribution is 2.21. The Kier molecular flexibility index (Phi) is 6.91. The summed E-state index contributed by atoms with van der Waals surface area (Å²) < 4.78 is 32.5. The molecule has 28 heavy (non-hydrogen) atoms. The van der Waals surface area contributed by atoms with Gasteiger partial charge in [0.15, 0.2) is 0 Å². The van der Waals surface area contributed by atoms with Crippen molar-refractivity contribution in [1.82, 2.24) is 14.2 Å². The molecule has 0 atom stereocenters. The molecule has 1 fully saturated rings. The molecule has 1 aromatic heterocycles. The lowest BCUT2D eigenvalue weighted by Crippen LogP contribution is -2.47. The fraction of sp³-hybridized carbons (Fsp3) is 0.368. The van der Waals surface area contributed by atoms with Crippen molar-refractivity contribution in [1.29, 1.82) is 5.26 Å².